The lowest BCUT2D eigenvalue weighted by atomic mass is 10.0. The van der Waals surface area contributed by atoms with E-state index in [1.165, 1.54) is 11.1 Å². The van der Waals surface area contributed by atoms with Gasteiger partial charge in [-0.3, -0.25) is 0 Å². The number of nitrogen functional groups attached to an aromatic ring is 1. The normalized spacial score (nSPS) is 11.4. The lowest BCUT2D eigenvalue weighted by Crippen LogP contribution is -1.95. The van der Waals surface area contributed by atoms with Crippen LogP contribution in [0.1, 0.15) is 30.9 Å². The van der Waals surface area contributed by atoms with Crippen molar-refractivity contribution in [2.24, 2.45) is 0 Å². The number of thiophene rings is 1. The summed E-state index contributed by atoms with van der Waals surface area (Å²) in [6, 6.07) is 10.7. The van der Waals surface area contributed by atoms with Crippen LogP contribution >= 0.6 is 23.1 Å². The van der Waals surface area contributed by atoms with Crippen molar-refractivity contribution in [3.8, 4) is 0 Å². The first kappa shape index (κ1) is 14.4. The molecule has 3 nitrogen and oxygen atoms in total. The highest BCUT2D eigenvalue weighted by atomic mass is 32.2. The molecule has 21 heavy (non-hydrogen) atoms. The topological polar surface area (TPSA) is 51.8 Å². The van der Waals surface area contributed by atoms with Gasteiger partial charge in [0.05, 0.1) is 5.39 Å². The summed E-state index contributed by atoms with van der Waals surface area (Å²) in [5.74, 6) is 1.99. The first-order valence-corrected chi connectivity index (χ1v) is 8.72. The highest BCUT2D eigenvalue weighted by molar-refractivity contribution is 7.98. The van der Waals surface area contributed by atoms with E-state index in [1.54, 1.807) is 23.1 Å². The number of rotatable bonds is 4. The lowest BCUT2D eigenvalue weighted by Gasteiger charge is -2.07. The van der Waals surface area contributed by atoms with Gasteiger partial charge in [-0.1, -0.05) is 49.9 Å². The van der Waals surface area contributed by atoms with Gasteiger partial charge < -0.3 is 5.73 Å². The van der Waals surface area contributed by atoms with E-state index >= 15 is 0 Å². The van der Waals surface area contributed by atoms with Crippen LogP contribution in [0.25, 0.3) is 10.2 Å². The van der Waals surface area contributed by atoms with E-state index in [4.69, 9.17) is 5.73 Å². The van der Waals surface area contributed by atoms with Gasteiger partial charge in [0.1, 0.15) is 10.6 Å². The molecule has 3 aromatic rings. The predicted octanol–water partition coefficient (Wildman–Crippen LogP) is 4.69. The highest BCUT2D eigenvalue weighted by Crippen LogP contribution is 2.28. The maximum absolute atomic E-state index is 5.97. The SMILES string of the molecule is CC(C)c1ccc(CSc2nc(N)c3ccsc3n2)cc1. The van der Waals surface area contributed by atoms with Gasteiger partial charge in [0.2, 0.25) is 0 Å². The number of nitrogens with two attached hydrogens (primary N) is 1. The molecule has 5 heteroatoms. The van der Waals surface area contributed by atoms with Gasteiger partial charge in [-0.15, -0.1) is 11.3 Å². The summed E-state index contributed by atoms with van der Waals surface area (Å²) >= 11 is 3.22. The van der Waals surface area contributed by atoms with Crippen LogP contribution < -0.4 is 5.73 Å². The molecule has 2 N–H and O–H groups in total. The van der Waals surface area contributed by atoms with E-state index in [2.05, 4.69) is 48.1 Å². The Morgan fingerprint density at radius 2 is 1.90 bits per heavy atom. The predicted molar refractivity (Wildman–Crippen MR) is 91.9 cm³/mol. The first-order chi connectivity index (χ1) is 10.1. The molecule has 2 heterocycles. The van der Waals surface area contributed by atoms with Gasteiger partial charge >= 0.3 is 0 Å². The van der Waals surface area contributed by atoms with Gasteiger partial charge in [0.25, 0.3) is 0 Å². The second-order valence-electron chi connectivity index (χ2n) is 5.22. The molecule has 0 atom stereocenters. The molecule has 0 radical (unpaired) electrons. The van der Waals surface area contributed by atoms with Crippen molar-refractivity contribution in [1.82, 2.24) is 9.97 Å². The summed E-state index contributed by atoms with van der Waals surface area (Å²) in [4.78, 5) is 9.88. The Kier molecular flexibility index (Phi) is 4.12. The maximum Gasteiger partial charge on any atom is 0.191 e. The van der Waals surface area contributed by atoms with E-state index in [9.17, 15) is 0 Å². The van der Waals surface area contributed by atoms with Gasteiger partial charge in [-0.25, -0.2) is 9.97 Å². The number of anilines is 1. The van der Waals surface area contributed by atoms with Gasteiger partial charge in [-0.05, 0) is 28.5 Å². The second kappa shape index (κ2) is 6.03. The largest absolute Gasteiger partial charge is 0.383 e. The summed E-state index contributed by atoms with van der Waals surface area (Å²) in [6.45, 7) is 4.41. The maximum atomic E-state index is 5.97. The van der Waals surface area contributed by atoms with Crippen LogP contribution in [0.15, 0.2) is 40.9 Å². The fourth-order valence-electron chi connectivity index (χ4n) is 2.07. The molecular weight excluding hydrogens is 298 g/mol. The van der Waals surface area contributed by atoms with Crippen molar-refractivity contribution in [2.75, 3.05) is 5.73 Å². The van der Waals surface area contributed by atoms with Crippen molar-refractivity contribution >= 4 is 39.1 Å². The average Bonchev–Trinajstić information content (AvgIpc) is 2.94. The van der Waals surface area contributed by atoms with Crippen molar-refractivity contribution < 1.29 is 0 Å². The van der Waals surface area contributed by atoms with Gasteiger partial charge in [0, 0.05) is 5.75 Å². The van der Waals surface area contributed by atoms with Gasteiger partial charge in [0.15, 0.2) is 5.16 Å². The average molecular weight is 315 g/mol. The fraction of sp³-hybridized carbons (Fsp3) is 0.250. The number of hydrogen-bond donors (Lipinski definition) is 1. The lowest BCUT2D eigenvalue weighted by molar-refractivity contribution is 0.866. The molecule has 0 spiro atoms. The van der Waals surface area contributed by atoms with Crippen LogP contribution in [0, 0.1) is 0 Å². The minimum absolute atomic E-state index is 0.566. The van der Waals surface area contributed by atoms with Crippen LogP contribution in [-0.2, 0) is 5.75 Å². The Balaban J connectivity index is 1.73. The Morgan fingerprint density at radius 3 is 2.62 bits per heavy atom. The van der Waals surface area contributed by atoms with Crippen molar-refractivity contribution in [3.05, 3.63) is 46.8 Å². The molecule has 1 aromatic carbocycles. The zero-order valence-electron chi connectivity index (χ0n) is 12.0. The monoisotopic (exact) mass is 315 g/mol. The quantitative estimate of drug-likeness (QED) is 0.560. The van der Waals surface area contributed by atoms with Crippen LogP contribution in [0.3, 0.4) is 0 Å². The minimum Gasteiger partial charge on any atom is -0.383 e. The summed E-state index contributed by atoms with van der Waals surface area (Å²) < 4.78 is 0. The van der Waals surface area contributed by atoms with Crippen LogP contribution in [0.4, 0.5) is 5.82 Å². The summed E-state index contributed by atoms with van der Waals surface area (Å²) in [5.41, 5.74) is 8.61. The van der Waals surface area contributed by atoms with E-state index in [-0.39, 0.29) is 0 Å². The Labute approximate surface area is 132 Å². The highest BCUT2D eigenvalue weighted by Gasteiger charge is 2.07. The van der Waals surface area contributed by atoms with E-state index in [0.717, 1.165) is 21.1 Å². The summed E-state index contributed by atoms with van der Waals surface area (Å²) in [5, 5.41) is 3.69. The fourth-order valence-corrected chi connectivity index (χ4v) is 3.71. The Hall–Kier alpha value is -1.59. The molecule has 0 bridgehead atoms. The minimum atomic E-state index is 0.566. The molecule has 0 aliphatic rings. The Morgan fingerprint density at radius 1 is 1.14 bits per heavy atom. The number of aromatic nitrogens is 2. The molecule has 108 valence electrons. The third kappa shape index (κ3) is 3.19. The van der Waals surface area contributed by atoms with Crippen LogP contribution in [-0.4, -0.2) is 9.97 Å². The summed E-state index contributed by atoms with van der Waals surface area (Å²) in [7, 11) is 0. The van der Waals surface area contributed by atoms with E-state index in [0.29, 0.717) is 11.7 Å². The number of hydrogen-bond acceptors (Lipinski definition) is 5. The smallest absolute Gasteiger partial charge is 0.191 e. The molecule has 0 unspecified atom stereocenters. The third-order valence-electron chi connectivity index (χ3n) is 3.35. The van der Waals surface area contributed by atoms with E-state index < -0.39 is 0 Å². The molecule has 0 saturated heterocycles. The molecule has 0 amide bonds. The third-order valence-corrected chi connectivity index (χ3v) is 5.07. The molecule has 2 aromatic heterocycles. The standard InChI is InChI=1S/C16H17N3S2/c1-10(2)12-5-3-11(4-6-12)9-21-16-18-14(17)13-7-8-20-15(13)19-16/h3-8,10H,9H2,1-2H3,(H2,17,18,19). The van der Waals surface area contributed by atoms with Crippen molar-refractivity contribution in [1.29, 1.82) is 0 Å². The molecule has 0 fully saturated rings. The zero-order valence-corrected chi connectivity index (χ0v) is 13.7. The van der Waals surface area contributed by atoms with Crippen molar-refractivity contribution in [3.63, 3.8) is 0 Å². The number of fused-ring (bicyclic) bond motifs is 1. The van der Waals surface area contributed by atoms with Crippen molar-refractivity contribution in [2.45, 2.75) is 30.7 Å². The molecule has 0 aliphatic heterocycles. The molecule has 0 aliphatic carbocycles. The second-order valence-corrected chi connectivity index (χ2v) is 7.05. The van der Waals surface area contributed by atoms with E-state index in [1.807, 2.05) is 11.4 Å². The zero-order chi connectivity index (χ0) is 14.8. The number of nitrogens with zero attached hydrogens (tertiary/aromatic N) is 2. The number of thioether (sulfide) groups is 1. The van der Waals surface area contributed by atoms with Crippen LogP contribution in [0.5, 0.6) is 0 Å². The molecular formula is C16H17N3S2. The Bertz CT molecular complexity index is 748. The first-order valence-electron chi connectivity index (χ1n) is 6.86. The van der Waals surface area contributed by atoms with Crippen LogP contribution in [0.2, 0.25) is 0 Å². The number of benzene rings is 1. The molecule has 0 saturated carbocycles. The molecule has 3 rings (SSSR count). The summed E-state index contributed by atoms with van der Waals surface area (Å²) in [6.07, 6.45) is 0. The van der Waals surface area contributed by atoms with Gasteiger partial charge in [-0.2, -0.15) is 0 Å².